The predicted molar refractivity (Wildman–Crippen MR) is 120 cm³/mol. The fraction of sp³-hybridized carbons (Fsp3) is 0.273. The molecule has 2 aromatic carbocycles. The van der Waals surface area contributed by atoms with E-state index >= 15 is 0 Å². The van der Waals surface area contributed by atoms with Crippen LogP contribution in [0.5, 0.6) is 0 Å². The lowest BCUT2D eigenvalue weighted by Gasteiger charge is -2.24. The first-order valence-corrected chi connectivity index (χ1v) is 11.2. The minimum atomic E-state index is -3.50. The highest BCUT2D eigenvalue weighted by atomic mass is 32.2. The van der Waals surface area contributed by atoms with Gasteiger partial charge in [-0.3, -0.25) is 10.1 Å². The molecule has 0 aliphatic heterocycles. The first kappa shape index (κ1) is 21.7. The summed E-state index contributed by atoms with van der Waals surface area (Å²) in [7, 11) is -3.50. The second-order valence-electron chi connectivity index (χ2n) is 7.82. The molecule has 3 rings (SSSR count). The number of fused-ring (bicyclic) bond motifs is 1. The van der Waals surface area contributed by atoms with Crippen LogP contribution in [-0.4, -0.2) is 30.4 Å². The van der Waals surface area contributed by atoms with E-state index in [2.05, 4.69) is 35.8 Å². The van der Waals surface area contributed by atoms with Crippen molar-refractivity contribution in [2.45, 2.75) is 38.1 Å². The maximum absolute atomic E-state index is 12.5. The summed E-state index contributed by atoms with van der Waals surface area (Å²) < 4.78 is 28.4. The summed E-state index contributed by atoms with van der Waals surface area (Å²) >= 11 is 0. The van der Waals surface area contributed by atoms with Crippen molar-refractivity contribution in [3.8, 4) is 0 Å². The Hall–Kier alpha value is -2.97. The van der Waals surface area contributed by atoms with E-state index in [4.69, 9.17) is 0 Å². The van der Waals surface area contributed by atoms with Crippen molar-refractivity contribution in [2.75, 3.05) is 11.9 Å². The minimum Gasteiger partial charge on any atom is -0.305 e. The van der Waals surface area contributed by atoms with Gasteiger partial charge in [0.2, 0.25) is 16.0 Å². The molecule has 1 heterocycles. The maximum Gasteiger partial charge on any atom is 0.250 e. The zero-order chi connectivity index (χ0) is 21.9. The number of imidazole rings is 1. The Morgan fingerprint density at radius 3 is 2.40 bits per heavy atom. The van der Waals surface area contributed by atoms with E-state index in [9.17, 15) is 13.2 Å². The van der Waals surface area contributed by atoms with E-state index in [1.54, 1.807) is 25.1 Å². The van der Waals surface area contributed by atoms with Gasteiger partial charge < -0.3 is 4.57 Å². The molecule has 0 bridgehead atoms. The van der Waals surface area contributed by atoms with Gasteiger partial charge in [0.15, 0.2) is 0 Å². The summed E-state index contributed by atoms with van der Waals surface area (Å²) in [4.78, 5) is 17.2. The molecule has 0 aliphatic rings. The number of nitrogens with one attached hydrogen (secondary N) is 2. The van der Waals surface area contributed by atoms with Gasteiger partial charge in [0.25, 0.3) is 5.91 Å². The molecule has 1 aromatic heterocycles. The number of nitrogens with zero attached hydrogens (tertiary/aromatic N) is 2. The standard InChI is InChI=1S/C22H26N4O3S/c1-5-23-30(28,29)17-13-10-16(11-14-17)12-15-20(27)25-21-24-18-8-6-7-9-19(18)26(21)22(2,3)4/h6-15,23H,5H2,1-4H3,(H,24,25,27)/b15-12+. The van der Waals surface area contributed by atoms with Crippen LogP contribution < -0.4 is 10.0 Å². The lowest BCUT2D eigenvalue weighted by atomic mass is 10.1. The first-order chi connectivity index (χ1) is 14.1. The molecular weight excluding hydrogens is 400 g/mol. The molecule has 0 fully saturated rings. The number of hydrogen-bond acceptors (Lipinski definition) is 4. The second-order valence-corrected chi connectivity index (χ2v) is 9.59. The average Bonchev–Trinajstić information content (AvgIpc) is 3.04. The summed E-state index contributed by atoms with van der Waals surface area (Å²) in [6.45, 7) is 8.20. The number of sulfonamides is 1. The maximum atomic E-state index is 12.5. The third-order valence-corrected chi connectivity index (χ3v) is 5.98. The van der Waals surface area contributed by atoms with E-state index in [-0.39, 0.29) is 16.3 Å². The van der Waals surface area contributed by atoms with Crippen LogP contribution in [0.3, 0.4) is 0 Å². The highest BCUT2D eigenvalue weighted by molar-refractivity contribution is 7.89. The first-order valence-electron chi connectivity index (χ1n) is 9.68. The van der Waals surface area contributed by atoms with Gasteiger partial charge in [-0.1, -0.05) is 31.2 Å². The zero-order valence-corrected chi connectivity index (χ0v) is 18.3. The SMILES string of the molecule is CCNS(=O)(=O)c1ccc(/C=C/C(=O)Nc2nc3ccccc3n2C(C)(C)C)cc1. The second kappa shape index (κ2) is 8.41. The Morgan fingerprint density at radius 2 is 1.77 bits per heavy atom. The topological polar surface area (TPSA) is 93.1 Å². The average molecular weight is 427 g/mol. The molecule has 0 spiro atoms. The molecule has 30 heavy (non-hydrogen) atoms. The largest absolute Gasteiger partial charge is 0.305 e. The Labute approximate surface area is 176 Å². The van der Waals surface area contributed by atoms with Gasteiger partial charge in [-0.25, -0.2) is 18.1 Å². The third kappa shape index (κ3) is 4.77. The smallest absolute Gasteiger partial charge is 0.250 e. The Kier molecular flexibility index (Phi) is 6.09. The van der Waals surface area contributed by atoms with Crippen LogP contribution in [-0.2, 0) is 20.4 Å². The zero-order valence-electron chi connectivity index (χ0n) is 17.5. The minimum absolute atomic E-state index is 0.185. The van der Waals surface area contributed by atoms with Gasteiger partial charge in [-0.05, 0) is 56.7 Å². The van der Waals surface area contributed by atoms with Crippen LogP contribution in [0.4, 0.5) is 5.95 Å². The number of carbonyl (C=O) groups excluding carboxylic acids is 1. The molecule has 8 heteroatoms. The monoisotopic (exact) mass is 426 g/mol. The quantitative estimate of drug-likeness (QED) is 0.587. The van der Waals surface area contributed by atoms with E-state index in [1.165, 1.54) is 18.2 Å². The summed E-state index contributed by atoms with van der Waals surface area (Å²) in [6, 6.07) is 14.1. The number of amides is 1. The molecule has 0 saturated heterocycles. The Bertz CT molecular complexity index is 1190. The van der Waals surface area contributed by atoms with Gasteiger partial charge in [0.1, 0.15) is 0 Å². The van der Waals surface area contributed by atoms with Crippen LogP contribution in [0.15, 0.2) is 59.5 Å². The Balaban J connectivity index is 1.79. The summed E-state index contributed by atoms with van der Waals surface area (Å²) in [5, 5.41) is 2.85. The van der Waals surface area contributed by atoms with Crippen LogP contribution >= 0.6 is 0 Å². The van der Waals surface area contributed by atoms with Crippen molar-refractivity contribution in [2.24, 2.45) is 0 Å². The third-order valence-electron chi connectivity index (χ3n) is 4.42. The number of carbonyl (C=O) groups is 1. The van der Waals surface area contributed by atoms with Crippen molar-refractivity contribution in [1.82, 2.24) is 14.3 Å². The van der Waals surface area contributed by atoms with Crippen molar-refractivity contribution in [3.63, 3.8) is 0 Å². The number of aromatic nitrogens is 2. The van der Waals surface area contributed by atoms with E-state index in [0.717, 1.165) is 11.0 Å². The number of rotatable bonds is 6. The molecule has 0 aliphatic carbocycles. The van der Waals surface area contributed by atoms with E-state index in [0.29, 0.717) is 18.1 Å². The molecule has 0 unspecified atom stereocenters. The molecule has 2 N–H and O–H groups in total. The number of benzene rings is 2. The number of para-hydroxylation sites is 2. The van der Waals surface area contributed by atoms with Crippen LogP contribution in [0, 0.1) is 0 Å². The lowest BCUT2D eigenvalue weighted by Crippen LogP contribution is -2.25. The predicted octanol–water partition coefficient (Wildman–Crippen LogP) is 3.74. The molecule has 0 radical (unpaired) electrons. The highest BCUT2D eigenvalue weighted by Crippen LogP contribution is 2.27. The van der Waals surface area contributed by atoms with Crippen LogP contribution in [0.2, 0.25) is 0 Å². The summed E-state index contributed by atoms with van der Waals surface area (Å²) in [5.41, 5.74) is 2.20. The van der Waals surface area contributed by atoms with Crippen molar-refractivity contribution < 1.29 is 13.2 Å². The Morgan fingerprint density at radius 1 is 1.10 bits per heavy atom. The molecule has 1 amide bonds. The van der Waals surface area contributed by atoms with E-state index in [1.807, 2.05) is 28.8 Å². The number of anilines is 1. The van der Waals surface area contributed by atoms with Crippen molar-refractivity contribution in [3.05, 3.63) is 60.2 Å². The summed E-state index contributed by atoms with van der Waals surface area (Å²) in [5.74, 6) is 0.158. The lowest BCUT2D eigenvalue weighted by molar-refractivity contribution is -0.111. The summed E-state index contributed by atoms with van der Waals surface area (Å²) in [6.07, 6.45) is 3.03. The molecule has 0 saturated carbocycles. The molecule has 0 atom stereocenters. The number of hydrogen-bond donors (Lipinski definition) is 2. The van der Waals surface area contributed by atoms with E-state index < -0.39 is 10.0 Å². The van der Waals surface area contributed by atoms with Crippen LogP contribution in [0.25, 0.3) is 17.1 Å². The molecule has 3 aromatic rings. The van der Waals surface area contributed by atoms with Gasteiger partial charge in [0.05, 0.1) is 15.9 Å². The fourth-order valence-corrected chi connectivity index (χ4v) is 4.19. The van der Waals surface area contributed by atoms with Gasteiger partial charge >= 0.3 is 0 Å². The van der Waals surface area contributed by atoms with Gasteiger partial charge in [-0.2, -0.15) is 0 Å². The van der Waals surface area contributed by atoms with Crippen molar-refractivity contribution >= 4 is 39.0 Å². The van der Waals surface area contributed by atoms with Gasteiger partial charge in [0, 0.05) is 18.2 Å². The molecule has 158 valence electrons. The highest BCUT2D eigenvalue weighted by Gasteiger charge is 2.22. The van der Waals surface area contributed by atoms with Crippen LogP contribution in [0.1, 0.15) is 33.3 Å². The molecular formula is C22H26N4O3S. The van der Waals surface area contributed by atoms with Crippen molar-refractivity contribution in [1.29, 1.82) is 0 Å². The fourth-order valence-electron chi connectivity index (χ4n) is 3.14. The van der Waals surface area contributed by atoms with Gasteiger partial charge in [-0.15, -0.1) is 0 Å². The normalized spacial score (nSPS) is 12.5. The molecule has 7 nitrogen and oxygen atoms in total.